The van der Waals surface area contributed by atoms with E-state index in [-0.39, 0.29) is 17.1 Å². The maximum absolute atomic E-state index is 12.2. The average Bonchev–Trinajstić information content (AvgIpc) is 3.01. The molecule has 0 saturated heterocycles. The first-order valence-electron chi connectivity index (χ1n) is 7.37. The minimum Gasteiger partial charge on any atom is -0.480 e. The van der Waals surface area contributed by atoms with Crippen molar-refractivity contribution in [2.75, 3.05) is 13.2 Å². The molecule has 24 heavy (non-hydrogen) atoms. The molecule has 0 aliphatic rings. The highest BCUT2D eigenvalue weighted by molar-refractivity contribution is 6.00. The van der Waals surface area contributed by atoms with Crippen LogP contribution in [0.5, 0.6) is 5.88 Å². The normalized spacial score (nSPS) is 11.0. The minimum absolute atomic E-state index is 0.0776. The number of amides is 1. The van der Waals surface area contributed by atoms with Crippen LogP contribution in [0.1, 0.15) is 30.1 Å². The van der Waals surface area contributed by atoms with Gasteiger partial charge >= 0.3 is 5.97 Å². The van der Waals surface area contributed by atoms with Crippen molar-refractivity contribution in [2.24, 2.45) is 0 Å². The molecule has 0 unspecified atom stereocenters. The van der Waals surface area contributed by atoms with Crippen molar-refractivity contribution in [1.82, 2.24) is 19.9 Å². The quantitative estimate of drug-likeness (QED) is 0.479. The number of ether oxygens (including phenoxy) is 1. The number of fused-ring (bicyclic) bond motifs is 1. The Morgan fingerprint density at radius 2 is 2.29 bits per heavy atom. The molecule has 0 atom stereocenters. The molecule has 0 spiro atoms. The van der Waals surface area contributed by atoms with Crippen molar-refractivity contribution in [3.63, 3.8) is 0 Å². The average molecular weight is 334 g/mol. The molecule has 9 nitrogen and oxygen atoms in total. The molecule has 0 radical (unpaired) electrons. The number of carboxylic acid groups (broad SMARTS) is 1. The van der Waals surface area contributed by atoms with Crippen molar-refractivity contribution in [2.45, 2.75) is 19.8 Å². The fourth-order valence-corrected chi connectivity index (χ4v) is 2.08. The molecule has 0 aromatic carbocycles. The maximum Gasteiger partial charge on any atom is 0.322 e. The van der Waals surface area contributed by atoms with Crippen LogP contribution in [0.3, 0.4) is 0 Å². The molecule has 0 fully saturated rings. The van der Waals surface area contributed by atoms with Crippen LogP contribution in [-0.2, 0) is 4.79 Å². The van der Waals surface area contributed by atoms with Gasteiger partial charge in [0.2, 0.25) is 11.3 Å². The van der Waals surface area contributed by atoms with Crippen molar-refractivity contribution >= 4 is 17.5 Å². The minimum atomic E-state index is -1.21. The second-order valence-corrected chi connectivity index (χ2v) is 4.90. The predicted molar refractivity (Wildman–Crippen MR) is 85.3 cm³/mol. The number of aliphatic carboxylic acids is 1. The van der Waals surface area contributed by atoms with Gasteiger partial charge < -0.3 is 15.2 Å². The summed E-state index contributed by atoms with van der Waals surface area (Å²) in [6.45, 7) is 1.75. The number of aromatic nitrogens is 3. The van der Waals surface area contributed by atoms with Crippen LogP contribution in [0.4, 0.5) is 0 Å². The number of H-pyrrole nitrogens is 1. The number of allylic oxidation sites excluding steroid dienone is 2. The van der Waals surface area contributed by atoms with Gasteiger partial charge in [0, 0.05) is 6.07 Å². The lowest BCUT2D eigenvalue weighted by atomic mass is 10.2. The summed E-state index contributed by atoms with van der Waals surface area (Å²) in [5.74, 6) is -1.77. The highest BCUT2D eigenvalue weighted by atomic mass is 16.5. The molecule has 0 bridgehead atoms. The van der Waals surface area contributed by atoms with E-state index in [2.05, 4.69) is 15.4 Å². The molecule has 128 valence electrons. The van der Waals surface area contributed by atoms with Gasteiger partial charge in [-0.05, 0) is 19.8 Å². The lowest BCUT2D eigenvalue weighted by Gasteiger charge is -2.09. The molecule has 0 aliphatic heterocycles. The zero-order chi connectivity index (χ0) is 17.5. The molecular weight excluding hydrogens is 316 g/mol. The Hall–Kier alpha value is -3.10. The fraction of sp³-hybridized carbons (Fsp3) is 0.333. The summed E-state index contributed by atoms with van der Waals surface area (Å²) in [7, 11) is 0. The smallest absolute Gasteiger partial charge is 0.322 e. The van der Waals surface area contributed by atoms with Crippen molar-refractivity contribution in [3.8, 4) is 5.88 Å². The number of pyridine rings is 1. The van der Waals surface area contributed by atoms with E-state index in [9.17, 15) is 14.4 Å². The summed E-state index contributed by atoms with van der Waals surface area (Å²) >= 11 is 0. The molecule has 2 heterocycles. The second kappa shape index (κ2) is 7.95. The first-order valence-corrected chi connectivity index (χ1v) is 7.37. The van der Waals surface area contributed by atoms with E-state index in [1.54, 1.807) is 0 Å². The molecule has 1 amide bonds. The van der Waals surface area contributed by atoms with Gasteiger partial charge in [0.25, 0.3) is 5.91 Å². The van der Waals surface area contributed by atoms with E-state index < -0.39 is 23.9 Å². The largest absolute Gasteiger partial charge is 0.480 e. The number of hydrogen-bond acceptors (Lipinski definition) is 5. The number of rotatable bonds is 8. The maximum atomic E-state index is 12.2. The van der Waals surface area contributed by atoms with Crippen LogP contribution in [0, 0.1) is 0 Å². The summed E-state index contributed by atoms with van der Waals surface area (Å²) in [5.41, 5.74) is -0.749. The summed E-state index contributed by atoms with van der Waals surface area (Å²) < 4.78 is 6.94. The van der Waals surface area contributed by atoms with E-state index in [0.29, 0.717) is 6.61 Å². The monoisotopic (exact) mass is 334 g/mol. The van der Waals surface area contributed by atoms with Crippen molar-refractivity contribution in [1.29, 1.82) is 0 Å². The number of carbonyl (C=O) groups is 2. The first kappa shape index (κ1) is 17.3. The molecular formula is C15H18N4O5. The van der Waals surface area contributed by atoms with Crippen LogP contribution in [-0.4, -0.2) is 44.7 Å². The lowest BCUT2D eigenvalue weighted by Crippen LogP contribution is -2.33. The van der Waals surface area contributed by atoms with Gasteiger partial charge in [-0.2, -0.15) is 0 Å². The summed E-state index contributed by atoms with van der Waals surface area (Å²) in [6.07, 6.45) is 6.90. The number of aromatic amines is 1. The Balaban J connectivity index is 2.23. The topological polar surface area (TPSA) is 126 Å². The number of unbranched alkanes of at least 4 members (excludes halogenated alkanes) is 1. The van der Waals surface area contributed by atoms with Gasteiger partial charge in [0.05, 0.1) is 6.61 Å². The number of nitrogens with zero attached hydrogens (tertiary/aromatic N) is 2. The number of nitrogens with one attached hydrogen (secondary N) is 2. The SMILES string of the molecule is C/C=C\CCCOc1cc(=O)c(C(=O)NCC(=O)O)c2nc[nH]n12. The molecule has 0 saturated carbocycles. The summed E-state index contributed by atoms with van der Waals surface area (Å²) in [6, 6.07) is 1.18. The van der Waals surface area contributed by atoms with Crippen LogP contribution >= 0.6 is 0 Å². The number of carboxylic acids is 1. The molecule has 9 heteroatoms. The molecule has 2 aromatic rings. The van der Waals surface area contributed by atoms with Gasteiger partial charge in [-0.3, -0.25) is 19.5 Å². The van der Waals surface area contributed by atoms with Gasteiger partial charge in [-0.15, -0.1) is 0 Å². The highest BCUT2D eigenvalue weighted by Crippen LogP contribution is 2.13. The summed E-state index contributed by atoms with van der Waals surface area (Å²) in [5, 5.41) is 13.5. The Morgan fingerprint density at radius 1 is 1.50 bits per heavy atom. The Morgan fingerprint density at radius 3 is 3.00 bits per heavy atom. The third-order valence-electron chi connectivity index (χ3n) is 3.16. The van der Waals surface area contributed by atoms with E-state index in [0.717, 1.165) is 12.8 Å². The zero-order valence-electron chi connectivity index (χ0n) is 13.1. The second-order valence-electron chi connectivity index (χ2n) is 4.90. The van der Waals surface area contributed by atoms with Crippen LogP contribution in [0.15, 0.2) is 29.3 Å². The molecule has 3 N–H and O–H groups in total. The third-order valence-corrected chi connectivity index (χ3v) is 3.16. The molecule has 2 rings (SSSR count). The Kier molecular flexibility index (Phi) is 5.72. The van der Waals surface area contributed by atoms with Crippen LogP contribution in [0.2, 0.25) is 0 Å². The highest BCUT2D eigenvalue weighted by Gasteiger charge is 2.19. The van der Waals surface area contributed by atoms with Gasteiger partial charge in [0.1, 0.15) is 18.4 Å². The van der Waals surface area contributed by atoms with Gasteiger partial charge in [0.15, 0.2) is 5.65 Å². The lowest BCUT2D eigenvalue weighted by molar-refractivity contribution is -0.135. The Bertz CT molecular complexity index is 821. The predicted octanol–water partition coefficient (Wildman–Crippen LogP) is 0.572. The fourth-order valence-electron chi connectivity index (χ4n) is 2.08. The third kappa shape index (κ3) is 4.00. The summed E-state index contributed by atoms with van der Waals surface area (Å²) in [4.78, 5) is 38.7. The van der Waals surface area contributed by atoms with E-state index in [1.165, 1.54) is 16.9 Å². The van der Waals surface area contributed by atoms with Crippen LogP contribution < -0.4 is 15.5 Å². The number of carbonyl (C=O) groups excluding carboxylic acids is 1. The first-order chi connectivity index (χ1) is 11.5. The van der Waals surface area contributed by atoms with Crippen molar-refractivity contribution < 1.29 is 19.4 Å². The van der Waals surface area contributed by atoms with E-state index in [4.69, 9.17) is 9.84 Å². The number of hydrogen-bond donors (Lipinski definition) is 3. The van der Waals surface area contributed by atoms with Gasteiger partial charge in [-0.25, -0.2) is 9.50 Å². The molecule has 2 aromatic heterocycles. The zero-order valence-corrected chi connectivity index (χ0v) is 13.1. The van der Waals surface area contributed by atoms with E-state index >= 15 is 0 Å². The Labute approximate surface area is 136 Å². The molecule has 0 aliphatic carbocycles. The van der Waals surface area contributed by atoms with Crippen molar-refractivity contribution in [3.05, 3.63) is 40.3 Å². The standard InChI is InChI=1S/C15H18N4O5/c1-2-3-4-5-6-24-11-7-10(20)13(14-17-9-18-19(11)14)15(23)16-8-12(21)22/h2-3,7,9H,4-6,8H2,1H3,(H,16,23)(H,17,18)(H,21,22)/b3-2-. The van der Waals surface area contributed by atoms with Gasteiger partial charge in [-0.1, -0.05) is 12.2 Å². The van der Waals surface area contributed by atoms with Crippen LogP contribution in [0.25, 0.3) is 5.65 Å². The van der Waals surface area contributed by atoms with E-state index in [1.807, 2.05) is 19.1 Å².